The lowest BCUT2D eigenvalue weighted by atomic mass is 10.0. The maximum Gasteiger partial charge on any atom is 0.302 e. The molecule has 2 aromatic rings. The van der Waals surface area contributed by atoms with Crippen LogP contribution in [0.25, 0.3) is 16.5 Å². The summed E-state index contributed by atoms with van der Waals surface area (Å²) in [6.45, 7) is 8.21. The second kappa shape index (κ2) is 9.58. The Labute approximate surface area is 175 Å². The van der Waals surface area contributed by atoms with Crippen molar-refractivity contribution in [3.63, 3.8) is 0 Å². The highest BCUT2D eigenvalue weighted by molar-refractivity contribution is 6.31. The molecule has 1 fully saturated rings. The quantitative estimate of drug-likeness (QED) is 0.575. The summed E-state index contributed by atoms with van der Waals surface area (Å²) in [7, 11) is 0. The molecule has 0 radical (unpaired) electrons. The number of carbonyl (C=O) groups excluding carboxylic acids is 1. The van der Waals surface area contributed by atoms with E-state index >= 15 is 0 Å². The highest BCUT2D eigenvalue weighted by Gasteiger charge is 2.15. The summed E-state index contributed by atoms with van der Waals surface area (Å²) >= 11 is 6.09. The molecular formula is C22H24ClN3O3. The number of benzene rings is 1. The van der Waals surface area contributed by atoms with Crippen LogP contribution in [0.3, 0.4) is 0 Å². The standard InChI is InChI=1S/C22H24ClN3O3/c1-15(23)19(14-29-16(2)27)11-18(13-24)17-3-4-21-20(12-17)22(5-6-25-21)26-7-9-28-10-8-26/h3-6,11-13H,1,7-10,14,24H2,2H3/b18-13+,19-11-. The maximum absolute atomic E-state index is 11.1. The molecule has 0 amide bonds. The number of fused-ring (bicyclic) bond motifs is 1. The second-order valence-electron chi connectivity index (χ2n) is 6.64. The van der Waals surface area contributed by atoms with Crippen molar-refractivity contribution in [2.75, 3.05) is 37.8 Å². The van der Waals surface area contributed by atoms with Gasteiger partial charge in [-0.2, -0.15) is 0 Å². The minimum atomic E-state index is -0.390. The Morgan fingerprint density at radius 3 is 2.79 bits per heavy atom. The van der Waals surface area contributed by atoms with E-state index in [0.29, 0.717) is 23.8 Å². The van der Waals surface area contributed by atoms with Crippen LogP contribution in [0.1, 0.15) is 12.5 Å². The van der Waals surface area contributed by atoms with E-state index in [9.17, 15) is 4.79 Å². The molecule has 2 heterocycles. The van der Waals surface area contributed by atoms with E-state index in [2.05, 4.69) is 22.5 Å². The van der Waals surface area contributed by atoms with Gasteiger partial charge in [-0.05, 0) is 35.4 Å². The van der Waals surface area contributed by atoms with Crippen LogP contribution in [-0.4, -0.2) is 43.9 Å². The normalized spacial score (nSPS) is 15.4. The lowest BCUT2D eigenvalue weighted by Crippen LogP contribution is -2.36. The molecule has 1 aliphatic heterocycles. The Balaban J connectivity index is 1.99. The smallest absolute Gasteiger partial charge is 0.302 e. The van der Waals surface area contributed by atoms with Crippen molar-refractivity contribution in [1.82, 2.24) is 4.98 Å². The van der Waals surface area contributed by atoms with Gasteiger partial charge in [0.05, 0.1) is 18.7 Å². The first kappa shape index (κ1) is 20.9. The molecule has 29 heavy (non-hydrogen) atoms. The van der Waals surface area contributed by atoms with Gasteiger partial charge in [0.25, 0.3) is 0 Å². The Bertz CT molecular complexity index is 978. The minimum absolute atomic E-state index is 0.0309. The third-order valence-corrected chi connectivity index (χ3v) is 4.94. The predicted molar refractivity (Wildman–Crippen MR) is 117 cm³/mol. The van der Waals surface area contributed by atoms with Gasteiger partial charge < -0.3 is 20.1 Å². The van der Waals surface area contributed by atoms with E-state index < -0.39 is 0 Å². The van der Waals surface area contributed by atoms with Gasteiger partial charge in [-0.25, -0.2) is 0 Å². The number of hydrogen-bond acceptors (Lipinski definition) is 6. The SMILES string of the molecule is C=C(Cl)/C(=C\C(=C/N)c1ccc2nccc(N3CCOCC3)c2c1)COC(C)=O. The molecule has 2 N–H and O–H groups in total. The molecule has 0 saturated carbocycles. The highest BCUT2D eigenvalue weighted by atomic mass is 35.5. The maximum atomic E-state index is 11.1. The van der Waals surface area contributed by atoms with E-state index in [1.165, 1.54) is 13.1 Å². The number of ether oxygens (including phenoxy) is 2. The van der Waals surface area contributed by atoms with Crippen LogP contribution >= 0.6 is 11.6 Å². The fourth-order valence-corrected chi connectivity index (χ4v) is 3.29. The third kappa shape index (κ3) is 5.16. The molecule has 0 spiro atoms. The van der Waals surface area contributed by atoms with Gasteiger partial charge in [0.1, 0.15) is 6.61 Å². The van der Waals surface area contributed by atoms with E-state index in [1.54, 1.807) is 6.08 Å². The first-order chi connectivity index (χ1) is 14.0. The Morgan fingerprint density at radius 2 is 2.14 bits per heavy atom. The molecule has 0 bridgehead atoms. The third-order valence-electron chi connectivity index (χ3n) is 4.69. The van der Waals surface area contributed by atoms with E-state index in [0.717, 1.165) is 40.8 Å². The number of pyridine rings is 1. The average Bonchev–Trinajstić information content (AvgIpc) is 2.73. The number of rotatable bonds is 6. The summed E-state index contributed by atoms with van der Waals surface area (Å²) < 4.78 is 10.5. The van der Waals surface area contributed by atoms with Crippen molar-refractivity contribution in [3.05, 3.63) is 65.5 Å². The van der Waals surface area contributed by atoms with Gasteiger partial charge in [0.15, 0.2) is 0 Å². The molecule has 152 valence electrons. The van der Waals surface area contributed by atoms with Crippen molar-refractivity contribution >= 4 is 39.7 Å². The van der Waals surface area contributed by atoms with Crippen LogP contribution in [0.5, 0.6) is 0 Å². The number of nitrogens with zero attached hydrogens (tertiary/aromatic N) is 2. The van der Waals surface area contributed by atoms with Gasteiger partial charge in [-0.15, -0.1) is 0 Å². The molecule has 0 unspecified atom stereocenters. The summed E-state index contributed by atoms with van der Waals surface area (Å²) in [6.07, 6.45) is 5.10. The summed E-state index contributed by atoms with van der Waals surface area (Å²) in [5.74, 6) is -0.390. The summed E-state index contributed by atoms with van der Waals surface area (Å²) in [6, 6.07) is 8.00. The zero-order valence-electron chi connectivity index (χ0n) is 16.4. The fourth-order valence-electron chi connectivity index (χ4n) is 3.18. The van der Waals surface area contributed by atoms with Crippen LogP contribution < -0.4 is 10.6 Å². The van der Waals surface area contributed by atoms with Crippen LogP contribution in [0.2, 0.25) is 0 Å². The molecule has 0 aliphatic carbocycles. The van der Waals surface area contributed by atoms with Crippen molar-refractivity contribution in [2.45, 2.75) is 6.92 Å². The molecule has 0 atom stereocenters. The topological polar surface area (TPSA) is 77.7 Å². The van der Waals surface area contributed by atoms with Gasteiger partial charge in [0, 0.05) is 54.1 Å². The monoisotopic (exact) mass is 413 g/mol. The molecule has 1 aliphatic rings. The summed E-state index contributed by atoms with van der Waals surface area (Å²) in [4.78, 5) is 17.9. The molecule has 6 nitrogen and oxygen atoms in total. The van der Waals surface area contributed by atoms with Gasteiger partial charge in [0.2, 0.25) is 0 Å². The molecule has 1 aromatic carbocycles. The number of anilines is 1. The van der Waals surface area contributed by atoms with E-state index in [4.69, 9.17) is 26.8 Å². The summed E-state index contributed by atoms with van der Waals surface area (Å²) in [5.41, 5.74) is 10.1. The molecule has 3 rings (SSSR count). The van der Waals surface area contributed by atoms with Crippen molar-refractivity contribution in [3.8, 4) is 0 Å². The number of halogens is 1. The number of morpholine rings is 1. The fraction of sp³-hybridized carbons (Fsp3) is 0.273. The largest absolute Gasteiger partial charge is 0.461 e. The van der Waals surface area contributed by atoms with Crippen molar-refractivity contribution in [1.29, 1.82) is 0 Å². The number of hydrogen-bond donors (Lipinski definition) is 1. The zero-order valence-corrected chi connectivity index (χ0v) is 17.1. The Kier molecular flexibility index (Phi) is 6.90. The van der Waals surface area contributed by atoms with Crippen LogP contribution in [-0.2, 0) is 14.3 Å². The second-order valence-corrected chi connectivity index (χ2v) is 7.09. The van der Waals surface area contributed by atoms with Gasteiger partial charge in [-0.1, -0.05) is 24.2 Å². The number of esters is 1. The lowest BCUT2D eigenvalue weighted by molar-refractivity contribution is -0.139. The lowest BCUT2D eigenvalue weighted by Gasteiger charge is -2.29. The Hall–Kier alpha value is -2.83. The van der Waals surface area contributed by atoms with Crippen LogP contribution in [0, 0.1) is 0 Å². The van der Waals surface area contributed by atoms with Crippen LogP contribution in [0.15, 0.2) is 59.9 Å². The summed E-state index contributed by atoms with van der Waals surface area (Å²) in [5, 5.41) is 1.33. The van der Waals surface area contributed by atoms with E-state index in [1.807, 2.05) is 24.4 Å². The first-order valence-electron chi connectivity index (χ1n) is 9.32. The van der Waals surface area contributed by atoms with E-state index in [-0.39, 0.29) is 12.6 Å². The zero-order chi connectivity index (χ0) is 20.8. The average molecular weight is 414 g/mol. The molecule has 1 saturated heterocycles. The van der Waals surface area contributed by atoms with Crippen molar-refractivity contribution < 1.29 is 14.3 Å². The number of nitrogens with two attached hydrogens (primary N) is 1. The highest BCUT2D eigenvalue weighted by Crippen LogP contribution is 2.30. The predicted octanol–water partition coefficient (Wildman–Crippen LogP) is 3.61. The molecule has 7 heteroatoms. The Morgan fingerprint density at radius 1 is 1.38 bits per heavy atom. The number of allylic oxidation sites excluding steroid dienone is 2. The number of aromatic nitrogens is 1. The first-order valence-corrected chi connectivity index (χ1v) is 9.70. The van der Waals surface area contributed by atoms with Crippen molar-refractivity contribution in [2.24, 2.45) is 5.73 Å². The minimum Gasteiger partial charge on any atom is -0.461 e. The molecular weight excluding hydrogens is 390 g/mol. The molecule has 1 aromatic heterocycles. The van der Waals surface area contributed by atoms with Crippen LogP contribution in [0.4, 0.5) is 5.69 Å². The van der Waals surface area contributed by atoms with Gasteiger partial charge in [-0.3, -0.25) is 9.78 Å². The number of carbonyl (C=O) groups is 1. The van der Waals surface area contributed by atoms with Gasteiger partial charge >= 0.3 is 5.97 Å².